The van der Waals surface area contributed by atoms with Crippen molar-refractivity contribution in [3.05, 3.63) is 82.2 Å². The summed E-state index contributed by atoms with van der Waals surface area (Å²) in [7, 11) is 1.56. The van der Waals surface area contributed by atoms with Crippen molar-refractivity contribution in [3.63, 3.8) is 0 Å². The Hall–Kier alpha value is -2.73. The fraction of sp³-hybridized carbons (Fsp3) is 0.227. The number of furan rings is 1. The van der Waals surface area contributed by atoms with Crippen molar-refractivity contribution in [1.82, 2.24) is 4.90 Å². The van der Waals surface area contributed by atoms with Gasteiger partial charge in [-0.2, -0.15) is 0 Å². The van der Waals surface area contributed by atoms with E-state index in [-0.39, 0.29) is 5.91 Å². The quantitative estimate of drug-likeness (QED) is 0.474. The standard InChI is InChI=1S/C22H22BrNO4/c1-3-27-21-19(23)12-17(13-20(21)26-2)22(25)24(15-18-10-7-11-28-18)14-16-8-5-4-6-9-16/h4-13H,3,14-15H2,1-2H3. The molecule has 28 heavy (non-hydrogen) atoms. The SMILES string of the molecule is CCOc1c(Br)cc(C(=O)N(Cc2ccccc2)Cc2ccco2)cc1OC. The Morgan fingerprint density at radius 2 is 1.89 bits per heavy atom. The molecule has 0 N–H and O–H groups in total. The van der Waals surface area contributed by atoms with E-state index >= 15 is 0 Å². The number of carbonyl (C=O) groups is 1. The number of ether oxygens (including phenoxy) is 2. The van der Waals surface area contributed by atoms with Crippen LogP contribution in [-0.4, -0.2) is 24.5 Å². The lowest BCUT2D eigenvalue weighted by Gasteiger charge is -2.23. The van der Waals surface area contributed by atoms with Crippen LogP contribution in [0.2, 0.25) is 0 Å². The van der Waals surface area contributed by atoms with Gasteiger partial charge in [-0.3, -0.25) is 4.79 Å². The number of carbonyl (C=O) groups excluding carboxylic acids is 1. The zero-order valence-corrected chi connectivity index (χ0v) is 17.4. The average molecular weight is 444 g/mol. The second-order valence-corrected chi connectivity index (χ2v) is 7.00. The van der Waals surface area contributed by atoms with Crippen molar-refractivity contribution in [2.45, 2.75) is 20.0 Å². The third kappa shape index (κ3) is 4.75. The van der Waals surface area contributed by atoms with Gasteiger partial charge in [0.1, 0.15) is 5.76 Å². The molecule has 0 saturated carbocycles. The Labute approximate surface area is 173 Å². The summed E-state index contributed by atoms with van der Waals surface area (Å²) in [5.74, 6) is 1.70. The molecule has 3 aromatic rings. The lowest BCUT2D eigenvalue weighted by molar-refractivity contribution is 0.0717. The molecule has 0 spiro atoms. The Morgan fingerprint density at radius 1 is 1.11 bits per heavy atom. The molecule has 0 radical (unpaired) electrons. The maximum Gasteiger partial charge on any atom is 0.254 e. The van der Waals surface area contributed by atoms with Crippen molar-refractivity contribution in [2.24, 2.45) is 0 Å². The van der Waals surface area contributed by atoms with Gasteiger partial charge in [0.05, 0.1) is 31.0 Å². The molecule has 0 fully saturated rings. The number of amides is 1. The molecule has 0 atom stereocenters. The first-order chi connectivity index (χ1) is 13.6. The van der Waals surface area contributed by atoms with Crippen LogP contribution in [0, 0.1) is 0 Å². The van der Waals surface area contributed by atoms with Crippen molar-refractivity contribution < 1.29 is 18.7 Å². The minimum Gasteiger partial charge on any atom is -0.493 e. The molecule has 0 aliphatic rings. The molecule has 1 amide bonds. The van der Waals surface area contributed by atoms with E-state index in [4.69, 9.17) is 13.9 Å². The molecule has 2 aromatic carbocycles. The summed E-state index contributed by atoms with van der Waals surface area (Å²) in [5.41, 5.74) is 1.55. The number of nitrogens with zero attached hydrogens (tertiary/aromatic N) is 1. The number of hydrogen-bond donors (Lipinski definition) is 0. The summed E-state index contributed by atoms with van der Waals surface area (Å²) in [6.45, 7) is 3.23. The van der Waals surface area contributed by atoms with Crippen LogP contribution in [0.1, 0.15) is 28.6 Å². The smallest absolute Gasteiger partial charge is 0.254 e. The van der Waals surface area contributed by atoms with Crippen LogP contribution < -0.4 is 9.47 Å². The Bertz CT molecular complexity index is 910. The lowest BCUT2D eigenvalue weighted by atomic mass is 10.1. The molecule has 1 aromatic heterocycles. The molecule has 3 rings (SSSR count). The monoisotopic (exact) mass is 443 g/mol. The van der Waals surface area contributed by atoms with Gasteiger partial charge in [0.25, 0.3) is 5.91 Å². The van der Waals surface area contributed by atoms with Crippen LogP contribution in [0.25, 0.3) is 0 Å². The zero-order chi connectivity index (χ0) is 19.9. The van der Waals surface area contributed by atoms with Crippen LogP contribution in [0.4, 0.5) is 0 Å². The van der Waals surface area contributed by atoms with Gasteiger partial charge in [0.15, 0.2) is 11.5 Å². The number of methoxy groups -OCH3 is 1. The second-order valence-electron chi connectivity index (χ2n) is 6.15. The molecule has 1 heterocycles. The molecule has 0 aliphatic carbocycles. The molecule has 146 valence electrons. The lowest BCUT2D eigenvalue weighted by Crippen LogP contribution is -2.30. The number of halogens is 1. The van der Waals surface area contributed by atoms with E-state index in [9.17, 15) is 4.79 Å². The second kappa shape index (κ2) is 9.46. The number of hydrogen-bond acceptors (Lipinski definition) is 4. The van der Waals surface area contributed by atoms with Crippen LogP contribution in [-0.2, 0) is 13.1 Å². The first-order valence-corrected chi connectivity index (χ1v) is 9.77. The van der Waals surface area contributed by atoms with E-state index in [1.165, 1.54) is 0 Å². The van der Waals surface area contributed by atoms with Crippen molar-refractivity contribution in [3.8, 4) is 11.5 Å². The van der Waals surface area contributed by atoms with Crippen molar-refractivity contribution >= 4 is 21.8 Å². The molecule has 0 saturated heterocycles. The summed E-state index contributed by atoms with van der Waals surface area (Å²) in [5, 5.41) is 0. The van der Waals surface area contributed by atoms with Crippen molar-refractivity contribution in [2.75, 3.05) is 13.7 Å². The first-order valence-electron chi connectivity index (χ1n) is 8.98. The first kappa shape index (κ1) is 20.0. The highest BCUT2D eigenvalue weighted by molar-refractivity contribution is 9.10. The molecule has 0 aliphatic heterocycles. The van der Waals surface area contributed by atoms with Crippen LogP contribution in [0.15, 0.2) is 69.8 Å². The number of benzene rings is 2. The highest BCUT2D eigenvalue weighted by atomic mass is 79.9. The largest absolute Gasteiger partial charge is 0.493 e. The summed E-state index contributed by atoms with van der Waals surface area (Å²) >= 11 is 3.49. The van der Waals surface area contributed by atoms with E-state index < -0.39 is 0 Å². The fourth-order valence-corrected chi connectivity index (χ4v) is 3.46. The molecular formula is C22H22BrNO4. The maximum atomic E-state index is 13.3. The molecule has 0 unspecified atom stereocenters. The van der Waals surface area contributed by atoms with E-state index in [0.29, 0.717) is 41.2 Å². The van der Waals surface area contributed by atoms with Crippen LogP contribution in [0.3, 0.4) is 0 Å². The predicted molar refractivity (Wildman–Crippen MR) is 111 cm³/mol. The Kier molecular flexibility index (Phi) is 6.76. The molecule has 6 heteroatoms. The Balaban J connectivity index is 1.92. The minimum absolute atomic E-state index is 0.123. The van der Waals surface area contributed by atoms with Gasteiger partial charge >= 0.3 is 0 Å². The molecular weight excluding hydrogens is 422 g/mol. The zero-order valence-electron chi connectivity index (χ0n) is 15.9. The van der Waals surface area contributed by atoms with Crippen molar-refractivity contribution in [1.29, 1.82) is 0 Å². The predicted octanol–water partition coefficient (Wildman–Crippen LogP) is 5.29. The van der Waals surface area contributed by atoms with Gasteiger partial charge < -0.3 is 18.8 Å². The highest BCUT2D eigenvalue weighted by Gasteiger charge is 2.21. The highest BCUT2D eigenvalue weighted by Crippen LogP contribution is 2.37. The van der Waals surface area contributed by atoms with Gasteiger partial charge in [0, 0.05) is 12.1 Å². The van der Waals surface area contributed by atoms with Gasteiger partial charge in [-0.25, -0.2) is 0 Å². The van der Waals surface area contributed by atoms with Crippen LogP contribution >= 0.6 is 15.9 Å². The molecule has 5 nitrogen and oxygen atoms in total. The Morgan fingerprint density at radius 3 is 2.54 bits per heavy atom. The third-order valence-corrected chi connectivity index (χ3v) is 4.78. The summed E-state index contributed by atoms with van der Waals surface area (Å²) in [4.78, 5) is 15.1. The van der Waals surface area contributed by atoms with E-state index in [1.54, 1.807) is 30.4 Å². The normalized spacial score (nSPS) is 10.5. The fourth-order valence-electron chi connectivity index (χ4n) is 2.90. The van der Waals surface area contributed by atoms with E-state index in [1.807, 2.05) is 49.4 Å². The average Bonchev–Trinajstić information content (AvgIpc) is 3.22. The minimum atomic E-state index is -0.123. The van der Waals surface area contributed by atoms with E-state index in [2.05, 4.69) is 15.9 Å². The van der Waals surface area contributed by atoms with Gasteiger partial charge in [-0.15, -0.1) is 0 Å². The van der Waals surface area contributed by atoms with Gasteiger partial charge in [-0.05, 0) is 52.7 Å². The summed E-state index contributed by atoms with van der Waals surface area (Å²) in [6.07, 6.45) is 1.61. The maximum absolute atomic E-state index is 13.3. The molecule has 0 bridgehead atoms. The van der Waals surface area contributed by atoms with Crippen LogP contribution in [0.5, 0.6) is 11.5 Å². The number of rotatable bonds is 8. The third-order valence-electron chi connectivity index (χ3n) is 4.20. The summed E-state index contributed by atoms with van der Waals surface area (Å²) in [6, 6.07) is 17.0. The topological polar surface area (TPSA) is 51.9 Å². The van der Waals surface area contributed by atoms with Gasteiger partial charge in [0.2, 0.25) is 0 Å². The summed E-state index contributed by atoms with van der Waals surface area (Å²) < 4.78 is 17.2. The van der Waals surface area contributed by atoms with Gasteiger partial charge in [-0.1, -0.05) is 30.3 Å². The van der Waals surface area contributed by atoms with E-state index in [0.717, 1.165) is 11.3 Å².